The molecule has 1 unspecified atom stereocenters. The molecule has 0 aromatic carbocycles. The summed E-state index contributed by atoms with van der Waals surface area (Å²) in [5.41, 5.74) is 0.570. The van der Waals surface area contributed by atoms with Crippen molar-refractivity contribution in [1.29, 1.82) is 0 Å². The summed E-state index contributed by atoms with van der Waals surface area (Å²) in [6, 6.07) is 0. The molecule has 1 N–H and O–H groups in total. The van der Waals surface area contributed by atoms with Gasteiger partial charge in [0, 0.05) is 6.61 Å². The van der Waals surface area contributed by atoms with Crippen molar-refractivity contribution >= 4 is 17.3 Å². The Hall–Kier alpha value is -0.940. The Kier molecular flexibility index (Phi) is 5.71. The third-order valence-corrected chi connectivity index (χ3v) is 3.98. The zero-order valence-corrected chi connectivity index (χ0v) is 14.0. The van der Waals surface area contributed by atoms with E-state index in [9.17, 15) is 9.90 Å². The number of carboxylic acid groups (broad SMARTS) is 1. The van der Waals surface area contributed by atoms with E-state index in [0.717, 1.165) is 5.01 Å². The first kappa shape index (κ1) is 17.1. The third-order valence-electron chi connectivity index (χ3n) is 2.85. The van der Waals surface area contributed by atoms with Crippen molar-refractivity contribution < 1.29 is 14.6 Å². The molecule has 0 saturated heterocycles. The van der Waals surface area contributed by atoms with Gasteiger partial charge in [-0.3, -0.25) is 0 Å². The highest BCUT2D eigenvalue weighted by Crippen LogP contribution is 2.39. The monoisotopic (exact) mass is 299 g/mol. The minimum atomic E-state index is -0.895. The number of nitrogens with zero attached hydrogens (tertiary/aromatic N) is 1. The molecular weight excluding hydrogens is 274 g/mol. The zero-order chi connectivity index (χ0) is 15.5. The minimum Gasteiger partial charge on any atom is -0.477 e. The van der Waals surface area contributed by atoms with Gasteiger partial charge >= 0.3 is 5.97 Å². The number of hydrogen-bond acceptors (Lipinski definition) is 4. The number of carbonyl (C=O) groups is 1. The number of carboxylic acids is 1. The van der Waals surface area contributed by atoms with Gasteiger partial charge in [-0.05, 0) is 24.7 Å². The van der Waals surface area contributed by atoms with Crippen molar-refractivity contribution in [1.82, 2.24) is 4.98 Å². The van der Waals surface area contributed by atoms with E-state index in [1.165, 1.54) is 11.3 Å². The molecule has 20 heavy (non-hydrogen) atoms. The quantitative estimate of drug-likeness (QED) is 0.856. The number of hydrogen-bond donors (Lipinski definition) is 1. The molecule has 0 saturated carbocycles. The van der Waals surface area contributed by atoms with Crippen molar-refractivity contribution in [3.63, 3.8) is 0 Å². The molecule has 1 rings (SSSR count). The van der Waals surface area contributed by atoms with E-state index in [2.05, 4.69) is 39.6 Å². The van der Waals surface area contributed by atoms with Crippen LogP contribution >= 0.6 is 11.3 Å². The fraction of sp³-hybridized carbons (Fsp3) is 0.733. The maximum atomic E-state index is 11.4. The van der Waals surface area contributed by atoms with Gasteiger partial charge < -0.3 is 9.84 Å². The van der Waals surface area contributed by atoms with Crippen LogP contribution in [0.25, 0.3) is 0 Å². The second kappa shape index (κ2) is 6.68. The summed E-state index contributed by atoms with van der Waals surface area (Å²) in [6.45, 7) is 12.9. The van der Waals surface area contributed by atoms with Crippen molar-refractivity contribution in [2.75, 3.05) is 6.61 Å². The lowest BCUT2D eigenvalue weighted by atomic mass is 9.89. The highest BCUT2D eigenvalue weighted by Gasteiger charge is 2.31. The molecule has 0 aliphatic heterocycles. The summed E-state index contributed by atoms with van der Waals surface area (Å²) in [4.78, 5) is 16.3. The van der Waals surface area contributed by atoms with Gasteiger partial charge in [-0.15, -0.1) is 11.3 Å². The fourth-order valence-corrected chi connectivity index (χ4v) is 3.26. The van der Waals surface area contributed by atoms with E-state index in [4.69, 9.17) is 4.74 Å². The number of aromatic carboxylic acids is 1. The van der Waals surface area contributed by atoms with E-state index >= 15 is 0 Å². The Morgan fingerprint density at radius 3 is 2.40 bits per heavy atom. The van der Waals surface area contributed by atoms with Crippen LogP contribution in [0.1, 0.15) is 68.0 Å². The van der Waals surface area contributed by atoms with Gasteiger partial charge in [0.2, 0.25) is 0 Å². The van der Waals surface area contributed by atoms with E-state index in [1.807, 2.05) is 6.92 Å². The summed E-state index contributed by atoms with van der Waals surface area (Å²) >= 11 is 1.25. The molecule has 0 amide bonds. The maximum Gasteiger partial charge on any atom is 0.347 e. The highest BCUT2D eigenvalue weighted by atomic mass is 32.1. The van der Waals surface area contributed by atoms with Gasteiger partial charge in [0.1, 0.15) is 16.0 Å². The second-order valence-corrected chi connectivity index (χ2v) is 7.46. The van der Waals surface area contributed by atoms with Gasteiger partial charge in [0.05, 0.1) is 5.69 Å². The van der Waals surface area contributed by atoms with Crippen molar-refractivity contribution in [2.24, 2.45) is 11.3 Å². The number of thiazole rings is 1. The first-order valence-electron chi connectivity index (χ1n) is 7.01. The molecule has 0 fully saturated rings. The Balaban J connectivity index is 3.20. The van der Waals surface area contributed by atoms with Crippen molar-refractivity contribution in [2.45, 2.75) is 54.1 Å². The average Bonchev–Trinajstić information content (AvgIpc) is 2.66. The van der Waals surface area contributed by atoms with Crippen molar-refractivity contribution in [3.05, 3.63) is 15.6 Å². The van der Waals surface area contributed by atoms with Crippen molar-refractivity contribution in [3.8, 4) is 0 Å². The lowest BCUT2D eigenvalue weighted by Crippen LogP contribution is -2.21. The first-order valence-corrected chi connectivity index (χ1v) is 7.83. The van der Waals surface area contributed by atoms with Crippen LogP contribution in [0.3, 0.4) is 0 Å². The molecule has 1 heterocycles. The van der Waals surface area contributed by atoms with E-state index in [1.54, 1.807) is 0 Å². The summed E-state index contributed by atoms with van der Waals surface area (Å²) in [6.07, 6.45) is 0.512. The fourth-order valence-electron chi connectivity index (χ4n) is 2.03. The molecule has 0 bridgehead atoms. The number of ether oxygens (including phenoxy) is 1. The van der Waals surface area contributed by atoms with Crippen LogP contribution in [-0.2, 0) is 11.2 Å². The Labute approximate surface area is 125 Å². The molecular formula is C15H25NO3S. The second-order valence-electron chi connectivity index (χ2n) is 6.43. The first-order chi connectivity index (χ1) is 9.16. The summed E-state index contributed by atoms with van der Waals surface area (Å²) < 4.78 is 5.80. The lowest BCUT2D eigenvalue weighted by molar-refractivity contribution is -0.0134. The van der Waals surface area contributed by atoms with Crippen LogP contribution in [-0.4, -0.2) is 22.7 Å². The summed E-state index contributed by atoms with van der Waals surface area (Å²) in [7, 11) is 0. The lowest BCUT2D eigenvalue weighted by Gasteiger charge is -2.28. The van der Waals surface area contributed by atoms with Crippen LogP contribution < -0.4 is 0 Å². The zero-order valence-electron chi connectivity index (χ0n) is 13.2. The minimum absolute atomic E-state index is 0.112. The molecule has 0 aliphatic rings. The summed E-state index contributed by atoms with van der Waals surface area (Å²) in [5.74, 6) is -0.517. The average molecular weight is 299 g/mol. The Bertz CT molecular complexity index is 460. The van der Waals surface area contributed by atoms with Gasteiger partial charge in [-0.25, -0.2) is 9.78 Å². The van der Waals surface area contributed by atoms with E-state index < -0.39 is 5.97 Å². The molecule has 1 aromatic rings. The van der Waals surface area contributed by atoms with Crippen LogP contribution in [0.2, 0.25) is 0 Å². The standard InChI is InChI=1S/C15H25NO3S/c1-7-19-12(15(4,5)6)13-16-10(8-9(2)3)11(20-13)14(17)18/h9,12H,7-8H2,1-6H3,(H,17,18). The molecule has 1 atom stereocenters. The van der Waals surface area contributed by atoms with E-state index in [-0.39, 0.29) is 11.5 Å². The smallest absolute Gasteiger partial charge is 0.347 e. The predicted octanol–water partition coefficient (Wildman–Crippen LogP) is 4.16. The SMILES string of the molecule is CCOC(c1nc(CC(C)C)c(C(=O)O)s1)C(C)(C)C. The normalized spacial score (nSPS) is 13.8. The van der Waals surface area contributed by atoms with Crippen LogP contribution in [0.4, 0.5) is 0 Å². The van der Waals surface area contributed by atoms with Crippen LogP contribution in [0, 0.1) is 11.3 Å². The molecule has 0 aliphatic carbocycles. The highest BCUT2D eigenvalue weighted by molar-refractivity contribution is 7.13. The topological polar surface area (TPSA) is 59.4 Å². The molecule has 4 nitrogen and oxygen atoms in total. The predicted molar refractivity (Wildman–Crippen MR) is 81.4 cm³/mol. The third kappa shape index (κ3) is 4.28. The van der Waals surface area contributed by atoms with Crippen LogP contribution in [0.15, 0.2) is 0 Å². The molecule has 1 aromatic heterocycles. The van der Waals surface area contributed by atoms with Gasteiger partial charge in [-0.2, -0.15) is 0 Å². The molecule has 114 valence electrons. The molecule has 5 heteroatoms. The molecule has 0 radical (unpaired) electrons. The van der Waals surface area contributed by atoms with Gasteiger partial charge in [0.25, 0.3) is 0 Å². The summed E-state index contributed by atoms with van der Waals surface area (Å²) in [5, 5.41) is 10.1. The van der Waals surface area contributed by atoms with E-state index in [0.29, 0.717) is 29.5 Å². The number of aromatic nitrogens is 1. The van der Waals surface area contributed by atoms with Crippen LogP contribution in [0.5, 0.6) is 0 Å². The van der Waals surface area contributed by atoms with Gasteiger partial charge in [-0.1, -0.05) is 34.6 Å². The molecule has 0 spiro atoms. The van der Waals surface area contributed by atoms with Gasteiger partial charge in [0.15, 0.2) is 0 Å². The Morgan fingerprint density at radius 2 is 2.00 bits per heavy atom. The maximum absolute atomic E-state index is 11.4. The number of rotatable bonds is 6. The largest absolute Gasteiger partial charge is 0.477 e. The Morgan fingerprint density at radius 1 is 1.40 bits per heavy atom.